The lowest BCUT2D eigenvalue weighted by Crippen LogP contribution is -2.53. The summed E-state index contributed by atoms with van der Waals surface area (Å²) in [4.78, 5) is 24.7. The molecular weight excluding hydrogens is 234 g/mol. The van der Waals surface area contributed by atoms with Crippen LogP contribution in [0.15, 0.2) is 24.3 Å². The fourth-order valence-electron chi connectivity index (χ4n) is 2.40. The van der Waals surface area contributed by atoms with Crippen LogP contribution < -0.4 is 4.74 Å². The number of fused-ring (bicyclic) bond motifs is 1. The summed E-state index contributed by atoms with van der Waals surface area (Å²) >= 11 is 0. The number of hydrogen-bond donors (Lipinski definition) is 0. The molecule has 0 aliphatic carbocycles. The molecule has 2 saturated heterocycles. The Morgan fingerprint density at radius 1 is 1.33 bits per heavy atom. The monoisotopic (exact) mass is 247 g/mol. The summed E-state index contributed by atoms with van der Waals surface area (Å²) in [6.45, 7) is 0.444. The van der Waals surface area contributed by atoms with E-state index in [1.807, 2.05) is 24.3 Å². The third-order valence-electron chi connectivity index (χ3n) is 3.41. The van der Waals surface area contributed by atoms with Gasteiger partial charge in [-0.15, -0.1) is 0 Å². The maximum atomic E-state index is 11.8. The highest BCUT2D eigenvalue weighted by Crippen LogP contribution is 2.32. The van der Waals surface area contributed by atoms with E-state index in [4.69, 9.17) is 9.47 Å². The Labute approximate surface area is 104 Å². The summed E-state index contributed by atoms with van der Waals surface area (Å²) in [6.07, 6.45) is 0.0790. The van der Waals surface area contributed by atoms with Crippen LogP contribution in [-0.2, 0) is 20.9 Å². The third kappa shape index (κ3) is 1.63. The molecule has 0 spiro atoms. The number of ether oxygens (including phenoxy) is 2. The first kappa shape index (κ1) is 11.1. The summed E-state index contributed by atoms with van der Waals surface area (Å²) in [5.74, 6) is 0.457. The number of methoxy groups -OCH3 is 1. The van der Waals surface area contributed by atoms with Crippen LogP contribution >= 0.6 is 0 Å². The highest BCUT2D eigenvalue weighted by atomic mass is 16.6. The smallest absolute Gasteiger partial charge is 0.333 e. The minimum absolute atomic E-state index is 0.0216. The zero-order valence-electron chi connectivity index (χ0n) is 9.96. The van der Waals surface area contributed by atoms with E-state index in [0.717, 1.165) is 11.3 Å². The molecule has 0 aromatic heterocycles. The molecule has 0 bridgehead atoms. The second kappa shape index (κ2) is 4.01. The maximum Gasteiger partial charge on any atom is 0.333 e. The normalized spacial score (nSPS) is 25.5. The molecule has 2 fully saturated rings. The molecule has 0 N–H and O–H groups in total. The van der Waals surface area contributed by atoms with E-state index in [-0.39, 0.29) is 24.0 Å². The second-order valence-electron chi connectivity index (χ2n) is 4.49. The lowest BCUT2D eigenvalue weighted by molar-refractivity contribution is -0.179. The van der Waals surface area contributed by atoms with Gasteiger partial charge >= 0.3 is 5.97 Å². The number of hydrogen-bond acceptors (Lipinski definition) is 4. The third-order valence-corrected chi connectivity index (χ3v) is 3.41. The predicted molar refractivity (Wildman–Crippen MR) is 61.8 cm³/mol. The van der Waals surface area contributed by atoms with Crippen LogP contribution in [0, 0.1) is 0 Å². The van der Waals surface area contributed by atoms with Gasteiger partial charge in [0.15, 0.2) is 6.04 Å². The van der Waals surface area contributed by atoms with Crippen molar-refractivity contribution in [1.29, 1.82) is 0 Å². The first-order valence-corrected chi connectivity index (χ1v) is 5.82. The second-order valence-corrected chi connectivity index (χ2v) is 4.49. The summed E-state index contributed by atoms with van der Waals surface area (Å²) in [5, 5.41) is 0. The number of benzene rings is 1. The van der Waals surface area contributed by atoms with E-state index in [1.165, 1.54) is 0 Å². The fraction of sp³-hybridized carbons (Fsp3) is 0.385. The Kier molecular flexibility index (Phi) is 2.47. The van der Waals surface area contributed by atoms with Crippen molar-refractivity contribution in [3.63, 3.8) is 0 Å². The molecule has 2 unspecified atom stereocenters. The van der Waals surface area contributed by atoms with E-state index in [2.05, 4.69) is 0 Å². The van der Waals surface area contributed by atoms with Crippen molar-refractivity contribution < 1.29 is 19.1 Å². The Balaban J connectivity index is 1.75. The van der Waals surface area contributed by atoms with E-state index in [1.54, 1.807) is 12.0 Å². The Morgan fingerprint density at radius 2 is 2.06 bits per heavy atom. The molecule has 1 aromatic carbocycles. The molecule has 1 amide bonds. The van der Waals surface area contributed by atoms with Crippen LogP contribution in [0.4, 0.5) is 0 Å². The number of esters is 1. The molecule has 3 rings (SSSR count). The van der Waals surface area contributed by atoms with E-state index in [0.29, 0.717) is 13.0 Å². The summed E-state index contributed by atoms with van der Waals surface area (Å²) in [6, 6.07) is 7.09. The Morgan fingerprint density at radius 3 is 2.67 bits per heavy atom. The molecule has 5 nitrogen and oxygen atoms in total. The van der Waals surface area contributed by atoms with Gasteiger partial charge in [0, 0.05) is 6.54 Å². The first-order valence-electron chi connectivity index (χ1n) is 5.82. The summed E-state index contributed by atoms with van der Waals surface area (Å²) < 4.78 is 9.99. The highest BCUT2D eigenvalue weighted by molar-refractivity contribution is 5.94. The van der Waals surface area contributed by atoms with Gasteiger partial charge in [0.25, 0.3) is 0 Å². The molecule has 2 atom stereocenters. The van der Waals surface area contributed by atoms with Gasteiger partial charge in [-0.1, -0.05) is 12.1 Å². The van der Waals surface area contributed by atoms with Gasteiger partial charge in [0.05, 0.1) is 13.5 Å². The summed E-state index contributed by atoms with van der Waals surface area (Å²) in [5.41, 5.74) is 0.976. The molecule has 2 aliphatic heterocycles. The van der Waals surface area contributed by atoms with Crippen molar-refractivity contribution >= 4 is 11.9 Å². The number of nitrogens with zero attached hydrogens (tertiary/aromatic N) is 1. The topological polar surface area (TPSA) is 55.8 Å². The number of carbonyl (C=O) groups excluding carboxylic acids is 2. The van der Waals surface area contributed by atoms with Crippen molar-refractivity contribution in [2.24, 2.45) is 0 Å². The van der Waals surface area contributed by atoms with Gasteiger partial charge in [-0.3, -0.25) is 4.79 Å². The van der Waals surface area contributed by atoms with Gasteiger partial charge in [-0.05, 0) is 17.7 Å². The molecule has 18 heavy (non-hydrogen) atoms. The molecule has 1 aromatic rings. The van der Waals surface area contributed by atoms with Crippen LogP contribution in [0.3, 0.4) is 0 Å². The van der Waals surface area contributed by atoms with Crippen LogP contribution in [0.1, 0.15) is 12.0 Å². The molecule has 2 heterocycles. The average Bonchev–Trinajstić information content (AvgIpc) is 2.61. The minimum atomic E-state index is -0.375. The summed E-state index contributed by atoms with van der Waals surface area (Å²) in [7, 11) is 1.61. The van der Waals surface area contributed by atoms with Gasteiger partial charge < -0.3 is 14.4 Å². The lowest BCUT2D eigenvalue weighted by atomic mass is 10.1. The van der Waals surface area contributed by atoms with Crippen molar-refractivity contribution in [2.45, 2.75) is 25.1 Å². The number of rotatable bonds is 3. The predicted octanol–water partition coefficient (Wildman–Crippen LogP) is 0.721. The lowest BCUT2D eigenvalue weighted by Gasteiger charge is -2.33. The quantitative estimate of drug-likeness (QED) is 0.739. The van der Waals surface area contributed by atoms with Crippen LogP contribution in [0.5, 0.6) is 5.75 Å². The van der Waals surface area contributed by atoms with Crippen molar-refractivity contribution in [3.05, 3.63) is 29.8 Å². The van der Waals surface area contributed by atoms with Gasteiger partial charge in [-0.25, -0.2) is 4.79 Å². The maximum absolute atomic E-state index is 11.8. The number of amides is 1. The van der Waals surface area contributed by atoms with Gasteiger partial charge in [0.2, 0.25) is 5.91 Å². The van der Waals surface area contributed by atoms with Crippen molar-refractivity contribution in [1.82, 2.24) is 4.90 Å². The minimum Gasteiger partial charge on any atom is -0.497 e. The van der Waals surface area contributed by atoms with Gasteiger partial charge in [0.1, 0.15) is 11.9 Å². The zero-order chi connectivity index (χ0) is 12.7. The zero-order valence-corrected chi connectivity index (χ0v) is 9.96. The Bertz CT molecular complexity index is 496. The van der Waals surface area contributed by atoms with Crippen molar-refractivity contribution in [3.8, 4) is 5.75 Å². The molecule has 0 saturated carbocycles. The standard InChI is InChI=1S/C13H13NO4/c1-17-9-4-2-8(3-5-9)7-14-11(15)6-10-12(14)13(16)18-10/h2-5,10,12H,6-7H2,1H3. The Hall–Kier alpha value is -2.04. The molecule has 5 heteroatoms. The molecular formula is C13H13NO4. The average molecular weight is 247 g/mol. The van der Waals surface area contributed by atoms with E-state index in [9.17, 15) is 9.59 Å². The number of carbonyl (C=O) groups is 2. The molecule has 0 radical (unpaired) electrons. The SMILES string of the molecule is COc1ccc(CN2C(=O)CC3OC(=O)C32)cc1. The molecule has 2 aliphatic rings. The van der Waals surface area contributed by atoms with Crippen LogP contribution in [0.25, 0.3) is 0 Å². The van der Waals surface area contributed by atoms with E-state index < -0.39 is 0 Å². The van der Waals surface area contributed by atoms with Crippen LogP contribution in [-0.4, -0.2) is 36.0 Å². The van der Waals surface area contributed by atoms with E-state index >= 15 is 0 Å². The van der Waals surface area contributed by atoms with Crippen molar-refractivity contribution in [2.75, 3.05) is 7.11 Å². The number of likely N-dealkylation sites (tertiary alicyclic amines) is 1. The van der Waals surface area contributed by atoms with Crippen LogP contribution in [0.2, 0.25) is 0 Å². The van der Waals surface area contributed by atoms with Gasteiger partial charge in [-0.2, -0.15) is 0 Å². The largest absolute Gasteiger partial charge is 0.497 e. The first-order chi connectivity index (χ1) is 8.69. The highest BCUT2D eigenvalue weighted by Gasteiger charge is 2.54. The molecule has 94 valence electrons. The fourth-order valence-corrected chi connectivity index (χ4v) is 2.40.